The zero-order chi connectivity index (χ0) is 24.3. The Morgan fingerprint density at radius 2 is 1.23 bits per heavy atom. The lowest BCUT2D eigenvalue weighted by Gasteiger charge is -2.24. The largest absolute Gasteiger partial charge is 0.480 e. The van der Waals surface area contributed by atoms with E-state index in [1.54, 1.807) is 0 Å². The lowest BCUT2D eigenvalue weighted by Crippen LogP contribution is -2.58. The summed E-state index contributed by atoms with van der Waals surface area (Å²) < 4.78 is 0. The predicted octanol–water partition coefficient (Wildman–Crippen LogP) is -3.42. The van der Waals surface area contributed by atoms with Gasteiger partial charge in [-0.05, 0) is 12.3 Å². The van der Waals surface area contributed by atoms with Crippen LogP contribution in [0.2, 0.25) is 0 Å². The number of hydrogen-bond donors (Lipinski definition) is 8. The van der Waals surface area contributed by atoms with E-state index in [0.29, 0.717) is 6.42 Å². The van der Waals surface area contributed by atoms with Gasteiger partial charge in [0, 0.05) is 5.75 Å². The Kier molecular flexibility index (Phi) is 12.2. The number of carboxylic acid groups (broad SMARTS) is 1. The highest BCUT2D eigenvalue weighted by molar-refractivity contribution is 7.80. The van der Waals surface area contributed by atoms with Gasteiger partial charge >= 0.3 is 5.97 Å². The number of hydrogen-bond acceptors (Lipinski definition) is 8. The Morgan fingerprint density at radius 3 is 1.65 bits per heavy atom. The van der Waals surface area contributed by atoms with Gasteiger partial charge in [0.1, 0.15) is 18.1 Å². The summed E-state index contributed by atoms with van der Waals surface area (Å²) in [5, 5.41) is 15.7. The number of carboxylic acids is 1. The second-order valence-electron chi connectivity index (χ2n) is 7.28. The number of primary amides is 2. The zero-order valence-corrected chi connectivity index (χ0v) is 18.2. The molecule has 0 radical (unpaired) electrons. The van der Waals surface area contributed by atoms with Gasteiger partial charge in [0.2, 0.25) is 29.5 Å². The standard InChI is InChI=1S/C17H30N6O7S/c1-7(2)3-8(18)14(26)23-11(6-31)16(28)21-9(4-12(19)24)15(27)22-10(17(29)30)5-13(20)25/h7-11,31H,3-6,18H2,1-2H3,(H2,19,24)(H2,20,25)(H,21,28)(H,22,27)(H,23,26)(H,29,30). The van der Waals surface area contributed by atoms with E-state index >= 15 is 0 Å². The van der Waals surface area contributed by atoms with Crippen LogP contribution in [0.25, 0.3) is 0 Å². The molecule has 10 N–H and O–H groups in total. The third-order valence-electron chi connectivity index (χ3n) is 3.94. The summed E-state index contributed by atoms with van der Waals surface area (Å²) in [5.74, 6) is -6.08. The molecule has 0 saturated carbocycles. The first kappa shape index (κ1) is 28.1. The van der Waals surface area contributed by atoms with Gasteiger partial charge in [-0.25, -0.2) is 4.79 Å². The Labute approximate surface area is 184 Å². The van der Waals surface area contributed by atoms with E-state index in [1.807, 2.05) is 19.2 Å². The van der Waals surface area contributed by atoms with E-state index in [9.17, 15) is 28.8 Å². The molecule has 0 aliphatic heterocycles. The highest BCUT2D eigenvalue weighted by Crippen LogP contribution is 2.04. The number of carbonyl (C=O) groups is 6. The highest BCUT2D eigenvalue weighted by atomic mass is 32.1. The molecule has 0 fully saturated rings. The number of rotatable bonds is 14. The van der Waals surface area contributed by atoms with Crippen LogP contribution in [0.1, 0.15) is 33.1 Å². The van der Waals surface area contributed by atoms with Gasteiger partial charge in [-0.2, -0.15) is 12.6 Å². The first-order valence-electron chi connectivity index (χ1n) is 9.35. The number of carbonyl (C=O) groups excluding carboxylic acids is 5. The number of aliphatic carboxylic acids is 1. The summed E-state index contributed by atoms with van der Waals surface area (Å²) in [5.41, 5.74) is 15.8. The lowest BCUT2D eigenvalue weighted by molar-refractivity contribution is -0.144. The zero-order valence-electron chi connectivity index (χ0n) is 17.3. The summed E-state index contributed by atoms with van der Waals surface area (Å²) >= 11 is 3.99. The van der Waals surface area contributed by atoms with Crippen molar-refractivity contribution in [2.24, 2.45) is 23.1 Å². The molecule has 0 aromatic carbocycles. The third-order valence-corrected chi connectivity index (χ3v) is 4.30. The number of nitrogens with two attached hydrogens (primary N) is 3. The van der Waals surface area contributed by atoms with Crippen molar-refractivity contribution in [3.05, 3.63) is 0 Å². The lowest BCUT2D eigenvalue weighted by atomic mass is 10.0. The maximum Gasteiger partial charge on any atom is 0.326 e. The van der Waals surface area contributed by atoms with Gasteiger partial charge in [-0.1, -0.05) is 13.8 Å². The van der Waals surface area contributed by atoms with Gasteiger partial charge < -0.3 is 38.3 Å². The first-order chi connectivity index (χ1) is 14.3. The van der Waals surface area contributed by atoms with Gasteiger partial charge in [0.05, 0.1) is 18.9 Å². The second-order valence-corrected chi connectivity index (χ2v) is 7.65. The molecule has 0 spiro atoms. The van der Waals surface area contributed by atoms with Crippen molar-refractivity contribution >= 4 is 48.1 Å². The van der Waals surface area contributed by atoms with Gasteiger partial charge in [0.15, 0.2) is 0 Å². The average Bonchev–Trinajstić information content (AvgIpc) is 2.62. The fourth-order valence-electron chi connectivity index (χ4n) is 2.44. The molecule has 0 saturated heterocycles. The van der Waals surface area contributed by atoms with E-state index in [-0.39, 0.29) is 11.7 Å². The van der Waals surface area contributed by atoms with Crippen LogP contribution in [0.5, 0.6) is 0 Å². The quantitative estimate of drug-likeness (QED) is 0.121. The smallest absolute Gasteiger partial charge is 0.326 e. The molecule has 0 aliphatic carbocycles. The minimum absolute atomic E-state index is 0.134. The molecule has 0 rings (SSSR count). The Hall–Kier alpha value is -2.87. The van der Waals surface area contributed by atoms with Crippen LogP contribution in [-0.2, 0) is 28.8 Å². The first-order valence-corrected chi connectivity index (χ1v) is 9.98. The van der Waals surface area contributed by atoms with E-state index in [0.717, 1.165) is 0 Å². The summed E-state index contributed by atoms with van der Waals surface area (Å²) in [6.07, 6.45) is -1.00. The minimum Gasteiger partial charge on any atom is -0.480 e. The number of nitrogens with one attached hydrogen (secondary N) is 3. The SMILES string of the molecule is CC(C)CC(N)C(=O)NC(CS)C(=O)NC(CC(N)=O)C(=O)NC(CC(N)=O)C(=O)O. The topological polar surface area (TPSA) is 237 Å². The Morgan fingerprint density at radius 1 is 0.806 bits per heavy atom. The van der Waals surface area contributed by atoms with Crippen molar-refractivity contribution in [1.29, 1.82) is 0 Å². The van der Waals surface area contributed by atoms with Crippen LogP contribution in [0.3, 0.4) is 0 Å². The van der Waals surface area contributed by atoms with E-state index in [4.69, 9.17) is 22.3 Å². The predicted molar refractivity (Wildman–Crippen MR) is 112 cm³/mol. The van der Waals surface area contributed by atoms with E-state index < -0.39 is 72.5 Å². The maximum atomic E-state index is 12.5. The molecule has 13 nitrogen and oxygen atoms in total. The normalized spacial score (nSPS) is 14.6. The molecule has 31 heavy (non-hydrogen) atoms. The molecule has 4 unspecified atom stereocenters. The van der Waals surface area contributed by atoms with Crippen LogP contribution in [0, 0.1) is 5.92 Å². The molecule has 0 aromatic rings. The average molecular weight is 463 g/mol. The molecule has 0 bridgehead atoms. The van der Waals surface area contributed by atoms with Gasteiger partial charge in [-0.15, -0.1) is 0 Å². The van der Waals surface area contributed by atoms with Crippen molar-refractivity contribution in [2.45, 2.75) is 57.3 Å². The summed E-state index contributed by atoms with van der Waals surface area (Å²) in [6.45, 7) is 3.73. The summed E-state index contributed by atoms with van der Waals surface area (Å²) in [7, 11) is 0. The number of thiol groups is 1. The molecule has 14 heteroatoms. The van der Waals surface area contributed by atoms with Crippen molar-refractivity contribution in [2.75, 3.05) is 5.75 Å². The maximum absolute atomic E-state index is 12.5. The minimum atomic E-state index is -1.67. The monoisotopic (exact) mass is 462 g/mol. The van der Waals surface area contributed by atoms with Crippen LogP contribution >= 0.6 is 12.6 Å². The van der Waals surface area contributed by atoms with Gasteiger partial charge in [-0.3, -0.25) is 24.0 Å². The second kappa shape index (κ2) is 13.4. The fourth-order valence-corrected chi connectivity index (χ4v) is 2.70. The molecule has 0 aromatic heterocycles. The van der Waals surface area contributed by atoms with E-state index in [2.05, 4.69) is 23.3 Å². The Bertz CT molecular complexity index is 702. The van der Waals surface area contributed by atoms with Crippen LogP contribution in [-0.4, -0.2) is 70.5 Å². The Balaban J connectivity index is 5.30. The van der Waals surface area contributed by atoms with Crippen molar-refractivity contribution in [1.82, 2.24) is 16.0 Å². The van der Waals surface area contributed by atoms with Crippen LogP contribution < -0.4 is 33.2 Å². The molecule has 5 amide bonds. The summed E-state index contributed by atoms with van der Waals surface area (Å²) in [4.78, 5) is 70.5. The molecular weight excluding hydrogens is 432 g/mol. The van der Waals surface area contributed by atoms with Gasteiger partial charge in [0.25, 0.3) is 0 Å². The van der Waals surface area contributed by atoms with Crippen molar-refractivity contribution in [3.63, 3.8) is 0 Å². The van der Waals surface area contributed by atoms with Crippen LogP contribution in [0.4, 0.5) is 0 Å². The third kappa shape index (κ3) is 11.2. The molecule has 176 valence electrons. The molecule has 0 heterocycles. The number of amides is 5. The molecular formula is C17H30N6O7S. The van der Waals surface area contributed by atoms with Crippen molar-refractivity contribution < 1.29 is 33.9 Å². The fraction of sp³-hybridized carbons (Fsp3) is 0.647. The molecule has 0 aliphatic rings. The molecule has 4 atom stereocenters. The van der Waals surface area contributed by atoms with Crippen LogP contribution in [0.15, 0.2) is 0 Å². The highest BCUT2D eigenvalue weighted by Gasteiger charge is 2.31. The summed E-state index contributed by atoms with van der Waals surface area (Å²) in [6, 6.07) is -5.31. The van der Waals surface area contributed by atoms with Crippen molar-refractivity contribution in [3.8, 4) is 0 Å². The van der Waals surface area contributed by atoms with E-state index in [1.165, 1.54) is 0 Å².